The van der Waals surface area contributed by atoms with Crippen LogP contribution in [-0.4, -0.2) is 31.0 Å². The van der Waals surface area contributed by atoms with Crippen molar-refractivity contribution in [2.24, 2.45) is 4.99 Å². The Hall–Kier alpha value is -1.99. The Morgan fingerprint density at radius 3 is 2.28 bits per heavy atom. The molecule has 5 nitrogen and oxygen atoms in total. The van der Waals surface area contributed by atoms with Crippen LogP contribution >= 0.6 is 0 Å². The second-order valence-electron chi connectivity index (χ2n) is 3.49. The maximum absolute atomic E-state index is 12.4. The van der Waals surface area contributed by atoms with Crippen molar-refractivity contribution in [3.63, 3.8) is 0 Å². The smallest absolute Gasteiger partial charge is 0.396 e. The number of halogens is 3. The molecule has 0 fully saturated rings. The van der Waals surface area contributed by atoms with Gasteiger partial charge in [-0.15, -0.1) is 0 Å². The number of anilines is 3. The summed E-state index contributed by atoms with van der Waals surface area (Å²) in [6.07, 6.45) is -4.47. The summed E-state index contributed by atoms with van der Waals surface area (Å²) in [7, 11) is 3.15. The van der Waals surface area contributed by atoms with Crippen LogP contribution in [0.4, 0.5) is 36.2 Å². The van der Waals surface area contributed by atoms with E-state index in [1.54, 1.807) is 14.1 Å². The molecular weight excluding hydrogens is 247 g/mol. The van der Waals surface area contributed by atoms with Gasteiger partial charge in [0.25, 0.3) is 0 Å². The molecule has 0 amide bonds. The molecular formula is C10H14F3N5. The van der Waals surface area contributed by atoms with E-state index >= 15 is 0 Å². The molecule has 0 unspecified atom stereocenters. The molecule has 1 heterocycles. The zero-order valence-electron chi connectivity index (χ0n) is 10.2. The zero-order chi connectivity index (χ0) is 13.9. The van der Waals surface area contributed by atoms with E-state index in [9.17, 15) is 13.2 Å². The number of rotatable bonds is 3. The van der Waals surface area contributed by atoms with Crippen LogP contribution in [0.15, 0.2) is 11.1 Å². The van der Waals surface area contributed by atoms with Crippen LogP contribution in [0.25, 0.3) is 0 Å². The number of nitrogens with two attached hydrogens (primary N) is 1. The van der Waals surface area contributed by atoms with E-state index in [-0.39, 0.29) is 17.2 Å². The quantitative estimate of drug-likeness (QED) is 0.730. The topological polar surface area (TPSA) is 75.3 Å². The van der Waals surface area contributed by atoms with Gasteiger partial charge in [0, 0.05) is 14.1 Å². The normalized spacial score (nSPS) is 12.4. The molecule has 1 aromatic rings. The Balaban J connectivity index is 3.29. The van der Waals surface area contributed by atoms with Crippen molar-refractivity contribution in [3.05, 3.63) is 6.07 Å². The van der Waals surface area contributed by atoms with Gasteiger partial charge in [0.05, 0.1) is 5.69 Å². The summed E-state index contributed by atoms with van der Waals surface area (Å²) in [5.41, 5.74) is 4.95. The summed E-state index contributed by atoms with van der Waals surface area (Å²) in [6.45, 7) is 0.890. The SMILES string of the molecule is CNc1nc(NC)c(/N=C(\C)C(F)(F)F)cc1N. The van der Waals surface area contributed by atoms with Gasteiger partial charge in [-0.05, 0) is 13.0 Å². The number of aromatic nitrogens is 1. The minimum Gasteiger partial charge on any atom is -0.396 e. The molecule has 0 radical (unpaired) electrons. The van der Waals surface area contributed by atoms with Crippen molar-refractivity contribution in [1.29, 1.82) is 0 Å². The average Bonchev–Trinajstić information content (AvgIpc) is 2.28. The lowest BCUT2D eigenvalue weighted by atomic mass is 10.3. The Kier molecular flexibility index (Phi) is 4.00. The van der Waals surface area contributed by atoms with Gasteiger partial charge in [-0.2, -0.15) is 13.2 Å². The highest BCUT2D eigenvalue weighted by Crippen LogP contribution is 2.31. The molecule has 18 heavy (non-hydrogen) atoms. The first-order valence-corrected chi connectivity index (χ1v) is 5.08. The Labute approximate surface area is 102 Å². The van der Waals surface area contributed by atoms with Crippen LogP contribution in [0.2, 0.25) is 0 Å². The minimum absolute atomic E-state index is 0.0452. The average molecular weight is 261 g/mol. The number of aliphatic imine (C=N–C) groups is 1. The Morgan fingerprint density at radius 2 is 1.83 bits per heavy atom. The van der Waals surface area contributed by atoms with E-state index < -0.39 is 11.9 Å². The number of nitrogens with one attached hydrogen (secondary N) is 2. The van der Waals surface area contributed by atoms with Gasteiger partial charge >= 0.3 is 6.18 Å². The van der Waals surface area contributed by atoms with Gasteiger partial charge in [-0.1, -0.05) is 0 Å². The van der Waals surface area contributed by atoms with Crippen LogP contribution in [0, 0.1) is 0 Å². The lowest BCUT2D eigenvalue weighted by molar-refractivity contribution is -0.0591. The van der Waals surface area contributed by atoms with Crippen LogP contribution in [0.5, 0.6) is 0 Å². The molecule has 0 saturated heterocycles. The van der Waals surface area contributed by atoms with Crippen LogP contribution in [0.3, 0.4) is 0 Å². The minimum atomic E-state index is -4.47. The van der Waals surface area contributed by atoms with E-state index in [0.717, 1.165) is 6.92 Å². The zero-order valence-corrected chi connectivity index (χ0v) is 10.2. The summed E-state index contributed by atoms with van der Waals surface area (Å²) >= 11 is 0. The van der Waals surface area contributed by atoms with Gasteiger partial charge in [0.15, 0.2) is 11.6 Å². The van der Waals surface area contributed by atoms with Crippen molar-refractivity contribution in [1.82, 2.24) is 4.98 Å². The van der Waals surface area contributed by atoms with E-state index in [0.29, 0.717) is 5.82 Å². The highest BCUT2D eigenvalue weighted by Gasteiger charge is 2.32. The molecule has 0 aromatic carbocycles. The van der Waals surface area contributed by atoms with Crippen molar-refractivity contribution < 1.29 is 13.2 Å². The Bertz CT molecular complexity index is 467. The molecule has 0 saturated carbocycles. The summed E-state index contributed by atoms with van der Waals surface area (Å²) in [6, 6.07) is 1.33. The van der Waals surface area contributed by atoms with Gasteiger partial charge in [-0.3, -0.25) is 0 Å². The van der Waals surface area contributed by atoms with E-state index in [1.807, 2.05) is 0 Å². The van der Waals surface area contributed by atoms with E-state index in [4.69, 9.17) is 5.73 Å². The van der Waals surface area contributed by atoms with Crippen LogP contribution < -0.4 is 16.4 Å². The molecule has 4 N–H and O–H groups in total. The number of hydrogen-bond donors (Lipinski definition) is 3. The standard InChI is InChI=1S/C10H14F3N5/c1-5(10(11,12)13)17-7-4-6(14)8(15-2)18-9(7)16-3/h4H,14H2,1-3H3,(H2,15,16,18)/b17-5+. The third-order valence-corrected chi connectivity index (χ3v) is 2.20. The van der Waals surface area contributed by atoms with Gasteiger partial charge in [0.1, 0.15) is 11.4 Å². The number of alkyl halides is 3. The van der Waals surface area contributed by atoms with E-state index in [2.05, 4.69) is 20.6 Å². The van der Waals surface area contributed by atoms with Gasteiger partial charge in [-0.25, -0.2) is 9.98 Å². The molecule has 0 atom stereocenters. The fourth-order valence-electron chi connectivity index (χ4n) is 1.23. The maximum Gasteiger partial charge on any atom is 0.429 e. The van der Waals surface area contributed by atoms with Crippen LogP contribution in [-0.2, 0) is 0 Å². The van der Waals surface area contributed by atoms with E-state index in [1.165, 1.54) is 6.07 Å². The predicted molar refractivity (Wildman–Crippen MR) is 66.6 cm³/mol. The molecule has 8 heteroatoms. The highest BCUT2D eigenvalue weighted by atomic mass is 19.4. The van der Waals surface area contributed by atoms with Crippen molar-refractivity contribution >= 4 is 28.7 Å². The van der Waals surface area contributed by atoms with Gasteiger partial charge in [0.2, 0.25) is 0 Å². The predicted octanol–water partition coefficient (Wildman–Crippen LogP) is 2.40. The first-order chi connectivity index (χ1) is 8.29. The maximum atomic E-state index is 12.4. The molecule has 0 aliphatic rings. The number of nitrogen functional groups attached to an aromatic ring is 1. The monoisotopic (exact) mass is 261 g/mol. The fourth-order valence-corrected chi connectivity index (χ4v) is 1.23. The molecule has 0 aliphatic carbocycles. The first kappa shape index (κ1) is 14.1. The lowest BCUT2D eigenvalue weighted by Crippen LogP contribution is -2.19. The Morgan fingerprint density at radius 1 is 1.28 bits per heavy atom. The van der Waals surface area contributed by atoms with Crippen molar-refractivity contribution in [2.45, 2.75) is 13.1 Å². The summed E-state index contributed by atoms with van der Waals surface area (Å²) in [4.78, 5) is 7.52. The second-order valence-corrected chi connectivity index (χ2v) is 3.49. The molecule has 1 rings (SSSR count). The largest absolute Gasteiger partial charge is 0.429 e. The van der Waals surface area contributed by atoms with Gasteiger partial charge < -0.3 is 16.4 Å². The lowest BCUT2D eigenvalue weighted by Gasteiger charge is -2.11. The number of nitrogens with zero attached hydrogens (tertiary/aromatic N) is 2. The second kappa shape index (κ2) is 5.11. The fraction of sp³-hybridized carbons (Fsp3) is 0.400. The number of pyridine rings is 1. The third-order valence-electron chi connectivity index (χ3n) is 2.20. The first-order valence-electron chi connectivity index (χ1n) is 5.08. The molecule has 0 spiro atoms. The third kappa shape index (κ3) is 3.02. The molecule has 1 aromatic heterocycles. The highest BCUT2D eigenvalue weighted by molar-refractivity contribution is 5.91. The van der Waals surface area contributed by atoms with Crippen LogP contribution in [0.1, 0.15) is 6.92 Å². The number of hydrogen-bond acceptors (Lipinski definition) is 5. The van der Waals surface area contributed by atoms with Crippen molar-refractivity contribution in [3.8, 4) is 0 Å². The summed E-state index contributed by atoms with van der Waals surface area (Å²) in [5, 5.41) is 5.41. The molecule has 100 valence electrons. The summed E-state index contributed by atoms with van der Waals surface area (Å²) < 4.78 is 37.2. The summed E-state index contributed by atoms with van der Waals surface area (Å²) in [5.74, 6) is 0.597. The van der Waals surface area contributed by atoms with Crippen molar-refractivity contribution in [2.75, 3.05) is 30.5 Å². The molecule has 0 aliphatic heterocycles. The molecule has 0 bridgehead atoms.